The van der Waals surface area contributed by atoms with Gasteiger partial charge in [0.2, 0.25) is 0 Å². The number of hydrogen-bond donors (Lipinski definition) is 1. The van der Waals surface area contributed by atoms with Crippen molar-refractivity contribution in [2.75, 3.05) is 5.32 Å². The van der Waals surface area contributed by atoms with Crippen molar-refractivity contribution in [2.24, 2.45) is 17.3 Å². The fourth-order valence-corrected chi connectivity index (χ4v) is 6.09. The zero-order valence-corrected chi connectivity index (χ0v) is 19.3. The highest BCUT2D eigenvalue weighted by molar-refractivity contribution is 6.30. The van der Waals surface area contributed by atoms with Crippen LogP contribution < -0.4 is 5.32 Å². The van der Waals surface area contributed by atoms with Gasteiger partial charge in [0.1, 0.15) is 5.82 Å². The minimum absolute atomic E-state index is 0.178. The lowest BCUT2D eigenvalue weighted by Crippen LogP contribution is -2.43. The number of rotatable bonds is 5. The molecule has 1 heterocycles. The van der Waals surface area contributed by atoms with Gasteiger partial charge in [0.25, 0.3) is 0 Å². The molecule has 1 aromatic heterocycles. The van der Waals surface area contributed by atoms with E-state index in [1.807, 2.05) is 30.5 Å². The van der Waals surface area contributed by atoms with Crippen LogP contribution in [0.15, 0.2) is 67.0 Å². The van der Waals surface area contributed by atoms with Gasteiger partial charge in [-0.2, -0.15) is 0 Å². The van der Waals surface area contributed by atoms with E-state index in [-0.39, 0.29) is 5.82 Å². The molecule has 5 rings (SSSR count). The molecular formula is C28H30ClFN2. The van der Waals surface area contributed by atoms with Gasteiger partial charge in [-0.15, -0.1) is 0 Å². The average molecular weight is 449 g/mol. The number of anilines is 1. The molecule has 1 spiro atoms. The Bertz CT molecular complexity index is 1120. The first kappa shape index (κ1) is 21.5. The molecule has 0 amide bonds. The lowest BCUT2D eigenvalue weighted by Gasteiger charge is -2.54. The van der Waals surface area contributed by atoms with E-state index >= 15 is 0 Å². The van der Waals surface area contributed by atoms with Crippen LogP contribution in [0.25, 0.3) is 10.9 Å². The van der Waals surface area contributed by atoms with Crippen molar-refractivity contribution in [3.63, 3.8) is 0 Å². The highest BCUT2D eigenvalue weighted by atomic mass is 35.5. The summed E-state index contributed by atoms with van der Waals surface area (Å²) in [5.41, 5.74) is 4.79. The van der Waals surface area contributed by atoms with Crippen LogP contribution in [0.2, 0.25) is 5.02 Å². The molecule has 2 aromatic carbocycles. The summed E-state index contributed by atoms with van der Waals surface area (Å²) in [4.78, 5) is 4.43. The lowest BCUT2D eigenvalue weighted by atomic mass is 9.52. The fourth-order valence-electron chi connectivity index (χ4n) is 5.97. The summed E-state index contributed by atoms with van der Waals surface area (Å²) in [7, 11) is 0. The van der Waals surface area contributed by atoms with Gasteiger partial charge in [0.05, 0.1) is 5.52 Å². The van der Waals surface area contributed by atoms with E-state index in [1.165, 1.54) is 50.2 Å². The molecule has 0 bridgehead atoms. The molecule has 1 unspecified atom stereocenters. The molecule has 1 atom stereocenters. The smallest absolute Gasteiger partial charge is 0.123 e. The first-order valence-corrected chi connectivity index (χ1v) is 12.1. The van der Waals surface area contributed by atoms with Crippen molar-refractivity contribution in [1.82, 2.24) is 4.98 Å². The molecule has 3 aromatic rings. The summed E-state index contributed by atoms with van der Waals surface area (Å²) in [6.45, 7) is 6.61. The van der Waals surface area contributed by atoms with Crippen molar-refractivity contribution in [2.45, 2.75) is 51.4 Å². The molecule has 32 heavy (non-hydrogen) atoms. The normalized spacial score (nSPS) is 26.0. The van der Waals surface area contributed by atoms with Gasteiger partial charge in [-0.05, 0) is 116 Å². The summed E-state index contributed by atoms with van der Waals surface area (Å²) in [6.07, 6.45) is 9.33. The third kappa shape index (κ3) is 4.15. The highest BCUT2D eigenvalue weighted by Crippen LogP contribution is 2.59. The Morgan fingerprint density at radius 2 is 1.84 bits per heavy atom. The van der Waals surface area contributed by atoms with E-state index in [0.717, 1.165) is 27.3 Å². The summed E-state index contributed by atoms with van der Waals surface area (Å²) >= 11 is 5.99. The Labute approximate surface area is 194 Å². The van der Waals surface area contributed by atoms with E-state index in [9.17, 15) is 4.39 Å². The van der Waals surface area contributed by atoms with Gasteiger partial charge in [-0.1, -0.05) is 25.1 Å². The molecular weight excluding hydrogens is 419 g/mol. The molecule has 2 fully saturated rings. The van der Waals surface area contributed by atoms with Crippen LogP contribution in [-0.2, 0) is 0 Å². The van der Waals surface area contributed by atoms with Gasteiger partial charge in [0.15, 0.2) is 0 Å². The maximum absolute atomic E-state index is 13.9. The van der Waals surface area contributed by atoms with Gasteiger partial charge in [-0.25, -0.2) is 4.39 Å². The van der Waals surface area contributed by atoms with E-state index in [4.69, 9.17) is 11.6 Å². The Morgan fingerprint density at radius 3 is 2.56 bits per heavy atom. The number of fused-ring (bicyclic) bond motifs is 1. The lowest BCUT2D eigenvalue weighted by molar-refractivity contribution is -0.00863. The van der Waals surface area contributed by atoms with Crippen molar-refractivity contribution in [3.05, 3.63) is 83.4 Å². The number of aromatic nitrogens is 1. The first-order valence-electron chi connectivity index (χ1n) is 11.7. The molecule has 166 valence electrons. The molecule has 0 aliphatic heterocycles. The minimum atomic E-state index is -0.178. The van der Waals surface area contributed by atoms with Crippen LogP contribution in [-0.4, -0.2) is 4.98 Å². The first-order chi connectivity index (χ1) is 15.4. The molecule has 2 nitrogen and oxygen atoms in total. The maximum Gasteiger partial charge on any atom is 0.123 e. The summed E-state index contributed by atoms with van der Waals surface area (Å²) in [5, 5.41) is 5.20. The predicted octanol–water partition coefficient (Wildman–Crippen LogP) is 8.34. The van der Waals surface area contributed by atoms with Crippen molar-refractivity contribution < 1.29 is 4.39 Å². The second kappa shape index (κ2) is 8.51. The molecule has 1 N–H and O–H groups in total. The molecule has 4 heteroatoms. The number of nitrogens with zero attached hydrogens (tertiary/aromatic N) is 1. The van der Waals surface area contributed by atoms with Gasteiger partial charge in [0, 0.05) is 28.0 Å². The zero-order chi connectivity index (χ0) is 22.3. The quantitative estimate of drug-likeness (QED) is 0.424. The Morgan fingerprint density at radius 1 is 1.12 bits per heavy atom. The Balaban J connectivity index is 1.18. The number of halogens is 2. The summed E-state index contributed by atoms with van der Waals surface area (Å²) in [6, 6.07) is 14.8. The van der Waals surface area contributed by atoms with Crippen molar-refractivity contribution in [3.8, 4) is 0 Å². The van der Waals surface area contributed by atoms with Gasteiger partial charge in [-0.3, -0.25) is 4.98 Å². The van der Waals surface area contributed by atoms with Crippen LogP contribution >= 0.6 is 11.6 Å². The SMILES string of the molecule is C=C(Nc1ccc(Cl)cc1)C(C)C1CC2(CCC(c3ccnc4ccc(F)cc34)CC2)C1. The van der Waals surface area contributed by atoms with E-state index in [2.05, 4.69) is 29.9 Å². The van der Waals surface area contributed by atoms with Gasteiger partial charge >= 0.3 is 0 Å². The fraction of sp³-hybridized carbons (Fsp3) is 0.393. The Kier molecular flexibility index (Phi) is 5.71. The van der Waals surface area contributed by atoms with E-state index in [0.29, 0.717) is 23.2 Å². The second-order valence-electron chi connectivity index (χ2n) is 9.95. The second-order valence-corrected chi connectivity index (χ2v) is 10.4. The Hall–Kier alpha value is -2.39. The number of pyridine rings is 1. The number of benzene rings is 2. The third-order valence-electron chi connectivity index (χ3n) is 8.02. The summed E-state index contributed by atoms with van der Waals surface area (Å²) < 4.78 is 13.9. The molecule has 2 aliphatic rings. The van der Waals surface area contributed by atoms with Gasteiger partial charge < -0.3 is 5.32 Å². The van der Waals surface area contributed by atoms with Crippen LogP contribution in [0.4, 0.5) is 10.1 Å². The van der Waals surface area contributed by atoms with Crippen LogP contribution in [0.3, 0.4) is 0 Å². The average Bonchev–Trinajstić information content (AvgIpc) is 2.78. The maximum atomic E-state index is 13.9. The topological polar surface area (TPSA) is 24.9 Å². The third-order valence-corrected chi connectivity index (χ3v) is 8.27. The minimum Gasteiger partial charge on any atom is -0.359 e. The van der Waals surface area contributed by atoms with Crippen molar-refractivity contribution in [1.29, 1.82) is 0 Å². The summed E-state index contributed by atoms with van der Waals surface area (Å²) in [5.74, 6) is 1.46. The van der Waals surface area contributed by atoms with Crippen LogP contribution in [0.5, 0.6) is 0 Å². The van der Waals surface area contributed by atoms with Crippen LogP contribution in [0.1, 0.15) is 56.9 Å². The molecule has 0 saturated heterocycles. The number of hydrogen-bond acceptors (Lipinski definition) is 2. The van der Waals surface area contributed by atoms with E-state index < -0.39 is 0 Å². The molecule has 2 aliphatic carbocycles. The standard InChI is InChI=1S/C28H30ClFN2/c1-18(19(2)32-24-6-3-22(29)4-7-24)21-16-28(17-21)12-9-20(10-13-28)25-11-14-31-27-8-5-23(30)15-26(25)27/h3-8,11,14-15,18,20-21,32H,2,9-10,12-13,16-17H2,1H3. The number of allylic oxidation sites excluding steroid dienone is 1. The zero-order valence-electron chi connectivity index (χ0n) is 18.6. The largest absolute Gasteiger partial charge is 0.359 e. The van der Waals surface area contributed by atoms with Crippen LogP contribution in [0, 0.1) is 23.1 Å². The molecule has 2 saturated carbocycles. The van der Waals surface area contributed by atoms with Crippen molar-refractivity contribution >= 4 is 28.2 Å². The predicted molar refractivity (Wildman–Crippen MR) is 131 cm³/mol. The highest BCUT2D eigenvalue weighted by Gasteiger charge is 2.48. The molecule has 0 radical (unpaired) electrons. The number of nitrogens with one attached hydrogen (secondary N) is 1. The monoisotopic (exact) mass is 448 g/mol. The van der Waals surface area contributed by atoms with E-state index in [1.54, 1.807) is 12.1 Å².